The smallest absolute Gasteiger partial charge is 0.0839 e. The molecule has 0 bridgehead atoms. The molecule has 0 radical (unpaired) electrons. The van der Waals surface area contributed by atoms with Crippen molar-refractivity contribution in [3.05, 3.63) is 24.3 Å². The van der Waals surface area contributed by atoms with E-state index in [1.54, 1.807) is 0 Å². The predicted molar refractivity (Wildman–Crippen MR) is 129 cm³/mol. The van der Waals surface area contributed by atoms with Gasteiger partial charge in [-0.15, -0.1) is 6.58 Å². The zero-order chi connectivity index (χ0) is 22.7. The van der Waals surface area contributed by atoms with E-state index in [2.05, 4.69) is 52.6 Å². The van der Waals surface area contributed by atoms with Crippen LogP contribution in [0.15, 0.2) is 24.3 Å². The number of nitrogens with one attached hydrogen (secondary N) is 1. The zero-order valence-corrected chi connectivity index (χ0v) is 20.7. The minimum absolute atomic E-state index is 0.0887. The molecular weight excluding hydrogens is 382 g/mol. The monoisotopic (exact) mass is 429 g/mol. The molecule has 0 amide bonds. The van der Waals surface area contributed by atoms with E-state index < -0.39 is 5.60 Å². The molecule has 4 rings (SSSR count). The number of hydrogen-bond acceptors (Lipinski definition) is 3. The molecule has 3 heteroatoms. The Bertz CT molecular complexity index is 727. The molecule has 0 unspecified atom stereocenters. The predicted octanol–water partition coefficient (Wildman–Crippen LogP) is 5.62. The lowest BCUT2D eigenvalue weighted by Crippen LogP contribution is -2.70. The minimum Gasteiger partial charge on any atom is -0.393 e. The summed E-state index contributed by atoms with van der Waals surface area (Å²) in [7, 11) is 0. The fraction of sp³-hybridized carbons (Fsp3) is 0.857. The lowest BCUT2D eigenvalue weighted by atomic mass is 9.45. The van der Waals surface area contributed by atoms with Crippen molar-refractivity contribution < 1.29 is 10.2 Å². The third-order valence-corrected chi connectivity index (χ3v) is 10.5. The maximum absolute atomic E-state index is 11.9. The Kier molecular flexibility index (Phi) is 6.06. The molecule has 0 saturated heterocycles. The molecule has 0 aromatic carbocycles. The average Bonchev–Trinajstić information content (AvgIpc) is 3.01. The molecule has 4 aliphatic rings. The van der Waals surface area contributed by atoms with Crippen LogP contribution in [-0.2, 0) is 0 Å². The maximum atomic E-state index is 11.9. The van der Waals surface area contributed by atoms with Crippen LogP contribution in [0.1, 0.15) is 92.4 Å². The van der Waals surface area contributed by atoms with Gasteiger partial charge in [0.2, 0.25) is 0 Å². The summed E-state index contributed by atoms with van der Waals surface area (Å²) in [6, 6.07) is 0. The number of fused-ring (bicyclic) bond motifs is 5. The summed E-state index contributed by atoms with van der Waals surface area (Å²) >= 11 is 0. The van der Waals surface area contributed by atoms with Crippen LogP contribution in [-0.4, -0.2) is 34.0 Å². The Balaban J connectivity index is 1.70. The highest BCUT2D eigenvalue weighted by Crippen LogP contribution is 2.68. The number of aliphatic hydroxyl groups is 2. The van der Waals surface area contributed by atoms with Gasteiger partial charge in [-0.2, -0.15) is 0 Å². The van der Waals surface area contributed by atoms with E-state index in [0.717, 1.165) is 44.6 Å². The summed E-state index contributed by atoms with van der Waals surface area (Å²) in [5, 5.41) is 26.1. The number of aliphatic hydroxyl groups excluding tert-OH is 1. The number of allylic oxidation sites excluding steroid dienone is 1. The van der Waals surface area contributed by atoms with Gasteiger partial charge in [-0.3, -0.25) is 0 Å². The second-order valence-corrected chi connectivity index (χ2v) is 12.6. The molecular formula is C28H47NO2. The van der Waals surface area contributed by atoms with Crippen LogP contribution in [0.5, 0.6) is 0 Å². The van der Waals surface area contributed by atoms with Crippen molar-refractivity contribution in [3.63, 3.8) is 0 Å². The van der Waals surface area contributed by atoms with Gasteiger partial charge < -0.3 is 15.5 Å². The SMILES string of the molecule is C=CC[C@@](C)(O)[C@@]1(NCC(C)C)CC[C@H]2[C@@H]3CC=C4C[C@@H](O)CC[C@]4(C)[C@H]3CC[C@@]21C. The molecule has 3 saturated carbocycles. The van der Waals surface area contributed by atoms with Gasteiger partial charge >= 0.3 is 0 Å². The van der Waals surface area contributed by atoms with E-state index in [1.165, 1.54) is 24.8 Å². The molecule has 3 N–H and O–H groups in total. The first-order valence-electron chi connectivity index (χ1n) is 13.0. The van der Waals surface area contributed by atoms with Crippen LogP contribution in [0.2, 0.25) is 0 Å². The fourth-order valence-electron chi connectivity index (χ4n) is 8.88. The Labute approximate surface area is 190 Å². The Morgan fingerprint density at radius 2 is 1.90 bits per heavy atom. The second-order valence-electron chi connectivity index (χ2n) is 12.6. The molecule has 0 aromatic rings. The summed E-state index contributed by atoms with van der Waals surface area (Å²) in [5.41, 5.74) is 0.836. The molecule has 3 nitrogen and oxygen atoms in total. The topological polar surface area (TPSA) is 52.5 Å². The van der Waals surface area contributed by atoms with Crippen LogP contribution in [0, 0.1) is 34.5 Å². The molecule has 0 aliphatic heterocycles. The molecule has 8 atom stereocenters. The first-order chi connectivity index (χ1) is 14.5. The highest BCUT2D eigenvalue weighted by molar-refractivity contribution is 5.28. The van der Waals surface area contributed by atoms with E-state index in [0.29, 0.717) is 24.2 Å². The molecule has 0 heterocycles. The van der Waals surface area contributed by atoms with Crippen molar-refractivity contribution >= 4 is 0 Å². The minimum atomic E-state index is -0.797. The van der Waals surface area contributed by atoms with E-state index >= 15 is 0 Å². The zero-order valence-electron chi connectivity index (χ0n) is 20.7. The molecule has 176 valence electrons. The van der Waals surface area contributed by atoms with Crippen LogP contribution in [0.25, 0.3) is 0 Å². The first kappa shape index (κ1) is 23.5. The summed E-state index contributed by atoms with van der Waals surface area (Å²) < 4.78 is 0. The van der Waals surface area contributed by atoms with Crippen molar-refractivity contribution in [2.45, 2.75) is 110 Å². The van der Waals surface area contributed by atoms with Gasteiger partial charge in [0.1, 0.15) is 0 Å². The number of rotatable bonds is 6. The van der Waals surface area contributed by atoms with Crippen LogP contribution in [0.3, 0.4) is 0 Å². The molecule has 4 aliphatic carbocycles. The lowest BCUT2D eigenvalue weighted by Gasteiger charge is -2.62. The molecule has 3 fully saturated rings. The summed E-state index contributed by atoms with van der Waals surface area (Å²) in [6.07, 6.45) is 13.7. The third-order valence-electron chi connectivity index (χ3n) is 10.5. The Morgan fingerprint density at radius 1 is 1.19 bits per heavy atom. The maximum Gasteiger partial charge on any atom is 0.0839 e. The fourth-order valence-corrected chi connectivity index (χ4v) is 8.88. The summed E-state index contributed by atoms with van der Waals surface area (Å²) in [5.74, 6) is 2.63. The normalized spacial score (nSPS) is 46.5. The van der Waals surface area contributed by atoms with Crippen LogP contribution >= 0.6 is 0 Å². The van der Waals surface area contributed by atoms with E-state index in [1.807, 2.05) is 6.08 Å². The largest absolute Gasteiger partial charge is 0.393 e. The van der Waals surface area contributed by atoms with Gasteiger partial charge in [-0.25, -0.2) is 0 Å². The third kappa shape index (κ3) is 3.40. The quantitative estimate of drug-likeness (QED) is 0.480. The highest BCUT2D eigenvalue weighted by atomic mass is 16.3. The second kappa shape index (κ2) is 7.99. The number of hydrogen-bond donors (Lipinski definition) is 3. The van der Waals surface area contributed by atoms with Gasteiger partial charge in [-0.05, 0) is 106 Å². The van der Waals surface area contributed by atoms with Crippen molar-refractivity contribution in [1.82, 2.24) is 5.32 Å². The van der Waals surface area contributed by atoms with E-state index in [4.69, 9.17) is 0 Å². The average molecular weight is 430 g/mol. The molecule has 31 heavy (non-hydrogen) atoms. The van der Waals surface area contributed by atoms with Crippen molar-refractivity contribution in [2.75, 3.05) is 6.54 Å². The summed E-state index contributed by atoms with van der Waals surface area (Å²) in [6.45, 7) is 16.5. The van der Waals surface area contributed by atoms with E-state index in [9.17, 15) is 10.2 Å². The van der Waals surface area contributed by atoms with Crippen LogP contribution in [0.4, 0.5) is 0 Å². The van der Waals surface area contributed by atoms with Gasteiger partial charge in [0, 0.05) is 0 Å². The standard InChI is InChI=1S/C28H47NO2/c1-7-13-27(6,31)28(29-18-19(2)3)16-12-24-22-9-8-20-17-21(30)10-14-25(20,4)23(22)11-15-26(24,28)5/h7-8,19,21-24,29-31H,1,9-18H2,2-6H3/t21-,22+,23-,24-,25-,26-,27+,28+/m0/s1. The van der Waals surface area contributed by atoms with Gasteiger partial charge in [-0.1, -0.05) is 45.4 Å². The highest BCUT2D eigenvalue weighted by Gasteiger charge is 2.68. The van der Waals surface area contributed by atoms with E-state index in [-0.39, 0.29) is 22.5 Å². The van der Waals surface area contributed by atoms with Crippen molar-refractivity contribution in [1.29, 1.82) is 0 Å². The van der Waals surface area contributed by atoms with Crippen molar-refractivity contribution in [3.8, 4) is 0 Å². The summed E-state index contributed by atoms with van der Waals surface area (Å²) in [4.78, 5) is 0. The Morgan fingerprint density at radius 3 is 2.58 bits per heavy atom. The van der Waals surface area contributed by atoms with Crippen molar-refractivity contribution in [2.24, 2.45) is 34.5 Å². The Hall–Kier alpha value is -0.640. The van der Waals surface area contributed by atoms with Gasteiger partial charge in [0.05, 0.1) is 17.2 Å². The first-order valence-corrected chi connectivity index (χ1v) is 13.0. The molecule has 0 aromatic heterocycles. The lowest BCUT2D eigenvalue weighted by molar-refractivity contribution is -0.131. The molecule has 0 spiro atoms. The van der Waals surface area contributed by atoms with Gasteiger partial charge in [0.15, 0.2) is 0 Å². The van der Waals surface area contributed by atoms with Crippen LogP contribution < -0.4 is 5.32 Å². The van der Waals surface area contributed by atoms with Gasteiger partial charge in [0.25, 0.3) is 0 Å².